The highest BCUT2D eigenvalue weighted by atomic mass is 32.3. The molecule has 0 saturated carbocycles. The third kappa shape index (κ3) is 19.7. The molecule has 1 rings (SSSR count). The molecule has 1 aromatic rings. The second-order valence-electron chi connectivity index (χ2n) is 9.11. The molecule has 0 bridgehead atoms. The first-order valence-corrected chi connectivity index (χ1v) is 16.1. The van der Waals surface area contributed by atoms with Crippen molar-refractivity contribution in [1.29, 1.82) is 0 Å². The quantitative estimate of drug-likeness (QED) is 0.126. The lowest BCUT2D eigenvalue weighted by molar-refractivity contribution is 0.259. The van der Waals surface area contributed by atoms with Crippen molar-refractivity contribution >= 4 is 20.8 Å². The average molecular weight is 535 g/mol. The molecule has 0 aliphatic heterocycles. The van der Waals surface area contributed by atoms with Crippen molar-refractivity contribution in [2.75, 3.05) is 6.61 Å². The second-order valence-corrected chi connectivity index (χ2v) is 11.7. The van der Waals surface area contributed by atoms with Gasteiger partial charge in [-0.05, 0) is 18.6 Å². The van der Waals surface area contributed by atoms with E-state index in [1.54, 1.807) is 18.2 Å². The van der Waals surface area contributed by atoms with Crippen molar-refractivity contribution < 1.29 is 28.8 Å². The van der Waals surface area contributed by atoms with Crippen LogP contribution < -0.4 is 4.18 Å². The van der Waals surface area contributed by atoms with E-state index in [0.717, 1.165) is 19.3 Å². The molecule has 0 aliphatic carbocycles. The largest absolute Gasteiger partial charge is 0.465 e. The Kier molecular flexibility index (Phi) is 18.2. The molecule has 0 aromatic heterocycles. The molecular weight excluding hydrogens is 488 g/mol. The van der Waals surface area contributed by atoms with Gasteiger partial charge in [-0.25, -0.2) is 4.18 Å². The topological polar surface area (TPSA) is 96.0 Å². The van der Waals surface area contributed by atoms with Crippen molar-refractivity contribution in [3.05, 3.63) is 30.3 Å². The molecule has 0 aliphatic rings. The van der Waals surface area contributed by atoms with Gasteiger partial charge in [-0.2, -0.15) is 16.8 Å². The highest BCUT2D eigenvalue weighted by Gasteiger charge is 2.25. The smallest absolute Gasteiger partial charge is 0.361 e. The SMILES string of the molecule is CCCCCCCCCCCCCCCCCCCCOS(=O)(=O)OS(=O)(=O)Oc1ccccc1. The maximum atomic E-state index is 11.7. The number of hydrogen-bond acceptors (Lipinski definition) is 7. The first-order valence-electron chi connectivity index (χ1n) is 13.4. The number of para-hydroxylation sites is 1. The molecule has 0 spiro atoms. The third-order valence-electron chi connectivity index (χ3n) is 5.83. The van der Waals surface area contributed by atoms with Gasteiger partial charge in [-0.1, -0.05) is 138 Å². The predicted molar refractivity (Wildman–Crippen MR) is 141 cm³/mol. The minimum Gasteiger partial charge on any atom is -0.361 e. The Hall–Kier alpha value is -1.16. The maximum Gasteiger partial charge on any atom is 0.465 e. The van der Waals surface area contributed by atoms with Gasteiger partial charge >= 0.3 is 20.8 Å². The second kappa shape index (κ2) is 20.0. The molecule has 7 nitrogen and oxygen atoms in total. The Morgan fingerprint density at radius 3 is 1.37 bits per heavy atom. The van der Waals surface area contributed by atoms with Crippen molar-refractivity contribution in [3.8, 4) is 5.75 Å². The maximum absolute atomic E-state index is 11.7. The van der Waals surface area contributed by atoms with Gasteiger partial charge < -0.3 is 4.18 Å². The van der Waals surface area contributed by atoms with Gasteiger partial charge in [-0.3, -0.25) is 0 Å². The van der Waals surface area contributed by atoms with Gasteiger partial charge in [0, 0.05) is 0 Å². The Balaban J connectivity index is 1.91. The summed E-state index contributed by atoms with van der Waals surface area (Å²) in [5.74, 6) is -0.0498. The van der Waals surface area contributed by atoms with E-state index in [1.807, 2.05) is 0 Å². The molecule has 0 heterocycles. The predicted octanol–water partition coefficient (Wildman–Crippen LogP) is 7.63. The Bertz CT molecular complexity index is 825. The molecule has 0 unspecified atom stereocenters. The van der Waals surface area contributed by atoms with Gasteiger partial charge in [0.1, 0.15) is 5.75 Å². The number of rotatable bonds is 24. The van der Waals surface area contributed by atoms with Crippen molar-refractivity contribution in [2.45, 2.75) is 122 Å². The van der Waals surface area contributed by atoms with Crippen molar-refractivity contribution in [3.63, 3.8) is 0 Å². The highest BCUT2D eigenvalue weighted by Crippen LogP contribution is 2.16. The standard InChI is InChI=1S/C26H46O7S2/c1-2-3-4-5-6-7-8-9-10-11-12-13-14-15-16-17-18-22-25-31-34(27,28)33-35(29,30)32-26-23-20-19-21-24-26/h19-21,23-24H,2-18,22,25H2,1H3. The van der Waals surface area contributed by atoms with Crippen LogP contribution in [-0.4, -0.2) is 23.4 Å². The minimum absolute atomic E-state index is 0.0498. The van der Waals surface area contributed by atoms with Gasteiger partial charge in [0.15, 0.2) is 0 Å². The molecule has 0 fully saturated rings. The molecule has 0 amide bonds. The summed E-state index contributed by atoms with van der Waals surface area (Å²) < 4.78 is 60.1. The summed E-state index contributed by atoms with van der Waals surface area (Å²) in [7, 11) is -9.48. The lowest BCUT2D eigenvalue weighted by Crippen LogP contribution is -2.20. The van der Waals surface area contributed by atoms with E-state index in [0.29, 0.717) is 6.42 Å². The van der Waals surface area contributed by atoms with Crippen LogP contribution in [0.15, 0.2) is 30.3 Å². The summed E-state index contributed by atoms with van der Waals surface area (Å²) >= 11 is 0. The normalized spacial score (nSPS) is 12.1. The van der Waals surface area contributed by atoms with Crippen LogP contribution in [0.4, 0.5) is 0 Å². The van der Waals surface area contributed by atoms with Crippen LogP contribution in [0.2, 0.25) is 0 Å². The Morgan fingerprint density at radius 2 is 0.943 bits per heavy atom. The molecular formula is C26H46O7S2. The van der Waals surface area contributed by atoms with Crippen LogP contribution in [0.5, 0.6) is 5.75 Å². The lowest BCUT2D eigenvalue weighted by Gasteiger charge is -2.07. The van der Waals surface area contributed by atoms with Crippen LogP contribution in [0.1, 0.15) is 122 Å². The third-order valence-corrected chi connectivity index (χ3v) is 8.02. The number of unbranched alkanes of at least 4 members (excludes halogenated alkanes) is 17. The summed E-state index contributed by atoms with van der Waals surface area (Å²) in [6.07, 6.45) is 22.3. The molecule has 9 heteroatoms. The van der Waals surface area contributed by atoms with Crippen LogP contribution in [0, 0.1) is 0 Å². The van der Waals surface area contributed by atoms with E-state index < -0.39 is 20.8 Å². The fourth-order valence-corrected chi connectivity index (χ4v) is 5.65. The summed E-state index contributed by atoms with van der Waals surface area (Å²) in [5.41, 5.74) is 0. The van der Waals surface area contributed by atoms with Crippen LogP contribution in [-0.2, 0) is 28.6 Å². The van der Waals surface area contributed by atoms with Crippen LogP contribution in [0.3, 0.4) is 0 Å². The first-order chi connectivity index (χ1) is 16.8. The molecule has 0 atom stereocenters. The van der Waals surface area contributed by atoms with Crippen LogP contribution >= 0.6 is 0 Å². The Morgan fingerprint density at radius 1 is 0.543 bits per heavy atom. The summed E-state index contributed by atoms with van der Waals surface area (Å²) in [6, 6.07) is 7.50. The van der Waals surface area contributed by atoms with E-state index >= 15 is 0 Å². The lowest BCUT2D eigenvalue weighted by atomic mass is 10.0. The van der Waals surface area contributed by atoms with Gasteiger partial charge in [0.2, 0.25) is 0 Å². The van der Waals surface area contributed by atoms with E-state index in [2.05, 4.69) is 18.9 Å². The molecule has 204 valence electrons. The summed E-state index contributed by atoms with van der Waals surface area (Å²) in [6.45, 7) is 2.14. The van der Waals surface area contributed by atoms with Gasteiger partial charge in [-0.15, -0.1) is 0 Å². The zero-order valence-corrected chi connectivity index (χ0v) is 23.1. The molecule has 0 saturated heterocycles. The van der Waals surface area contributed by atoms with E-state index in [1.165, 1.54) is 102 Å². The number of benzene rings is 1. The molecule has 0 radical (unpaired) electrons. The number of hydrogen-bond donors (Lipinski definition) is 0. The van der Waals surface area contributed by atoms with Crippen molar-refractivity contribution in [1.82, 2.24) is 0 Å². The zero-order valence-electron chi connectivity index (χ0n) is 21.5. The summed E-state index contributed by atoms with van der Waals surface area (Å²) in [5, 5.41) is 0. The van der Waals surface area contributed by atoms with E-state index in [4.69, 9.17) is 0 Å². The highest BCUT2D eigenvalue weighted by molar-refractivity contribution is 7.95. The molecule has 1 aromatic carbocycles. The fraction of sp³-hybridized carbons (Fsp3) is 0.769. The van der Waals surface area contributed by atoms with Gasteiger partial charge in [0.25, 0.3) is 0 Å². The minimum atomic E-state index is -4.78. The molecule has 0 N–H and O–H groups in total. The average Bonchev–Trinajstić information content (AvgIpc) is 2.80. The first kappa shape index (κ1) is 31.9. The zero-order chi connectivity index (χ0) is 25.7. The van der Waals surface area contributed by atoms with Crippen molar-refractivity contribution in [2.24, 2.45) is 0 Å². The van der Waals surface area contributed by atoms with E-state index in [-0.39, 0.29) is 12.4 Å². The summed E-state index contributed by atoms with van der Waals surface area (Å²) in [4.78, 5) is 0. The Labute approximate surface area is 214 Å². The van der Waals surface area contributed by atoms with Crippen LogP contribution in [0.25, 0.3) is 0 Å². The van der Waals surface area contributed by atoms with E-state index in [9.17, 15) is 16.8 Å². The fourth-order valence-electron chi connectivity index (χ4n) is 3.89. The monoisotopic (exact) mass is 534 g/mol. The van der Waals surface area contributed by atoms with Gasteiger partial charge in [0.05, 0.1) is 6.61 Å². The molecule has 35 heavy (non-hydrogen) atoms.